The van der Waals surface area contributed by atoms with Crippen molar-refractivity contribution >= 4 is 15.7 Å². The van der Waals surface area contributed by atoms with E-state index in [1.165, 1.54) is 0 Å². The summed E-state index contributed by atoms with van der Waals surface area (Å²) >= 11 is 0. The summed E-state index contributed by atoms with van der Waals surface area (Å²) in [5, 5.41) is 6.30. The average Bonchev–Trinajstić information content (AvgIpc) is 2.90. The molecule has 0 aliphatic carbocycles. The SMILES string of the molecule is CCCCc1noc(CS(=O)(=O)CC(=O)NCCCOC(C)C)n1. The lowest BCUT2D eigenvalue weighted by Crippen LogP contribution is -2.32. The molecule has 0 radical (unpaired) electrons. The molecule has 9 heteroatoms. The molecule has 0 unspecified atom stereocenters. The van der Waals surface area contributed by atoms with Gasteiger partial charge < -0.3 is 14.6 Å². The number of hydrogen-bond acceptors (Lipinski definition) is 7. The van der Waals surface area contributed by atoms with E-state index in [0.717, 1.165) is 12.8 Å². The van der Waals surface area contributed by atoms with Gasteiger partial charge in [-0.1, -0.05) is 18.5 Å². The summed E-state index contributed by atoms with van der Waals surface area (Å²) in [6.07, 6.45) is 3.32. The number of carbonyl (C=O) groups is 1. The zero-order valence-electron chi connectivity index (χ0n) is 14.6. The van der Waals surface area contributed by atoms with Crippen LogP contribution in [0.4, 0.5) is 0 Å². The van der Waals surface area contributed by atoms with Gasteiger partial charge in [0.05, 0.1) is 6.10 Å². The normalized spacial score (nSPS) is 11.8. The molecule has 1 N–H and O–H groups in total. The minimum atomic E-state index is -3.64. The Labute approximate surface area is 143 Å². The second kappa shape index (κ2) is 10.4. The molecule has 1 aromatic rings. The minimum Gasteiger partial charge on any atom is -0.379 e. The zero-order chi connectivity index (χ0) is 18.0. The zero-order valence-corrected chi connectivity index (χ0v) is 15.4. The molecule has 8 nitrogen and oxygen atoms in total. The van der Waals surface area contributed by atoms with Gasteiger partial charge in [-0.25, -0.2) is 8.42 Å². The van der Waals surface area contributed by atoms with Crippen LogP contribution in [0.25, 0.3) is 0 Å². The predicted octanol–water partition coefficient (Wildman–Crippen LogP) is 1.26. The molecular formula is C15H27N3O5S. The first kappa shape index (κ1) is 20.6. The first-order chi connectivity index (χ1) is 11.3. The Morgan fingerprint density at radius 2 is 2.08 bits per heavy atom. The number of sulfone groups is 1. The summed E-state index contributed by atoms with van der Waals surface area (Å²) in [5.74, 6) is -1.03. The molecule has 0 atom stereocenters. The Bertz CT molecular complexity index is 598. The molecule has 1 heterocycles. The van der Waals surface area contributed by atoms with Crippen molar-refractivity contribution in [2.24, 2.45) is 0 Å². The van der Waals surface area contributed by atoms with Crippen LogP contribution in [0.3, 0.4) is 0 Å². The van der Waals surface area contributed by atoms with Gasteiger partial charge in [-0.05, 0) is 26.7 Å². The lowest BCUT2D eigenvalue weighted by molar-refractivity contribution is -0.118. The molecule has 1 amide bonds. The van der Waals surface area contributed by atoms with Gasteiger partial charge in [0.15, 0.2) is 15.7 Å². The van der Waals surface area contributed by atoms with E-state index in [9.17, 15) is 13.2 Å². The van der Waals surface area contributed by atoms with Crippen molar-refractivity contribution in [3.63, 3.8) is 0 Å². The van der Waals surface area contributed by atoms with E-state index in [0.29, 0.717) is 31.8 Å². The van der Waals surface area contributed by atoms with E-state index >= 15 is 0 Å². The molecule has 0 aliphatic heterocycles. The van der Waals surface area contributed by atoms with Crippen LogP contribution in [0.5, 0.6) is 0 Å². The number of unbranched alkanes of at least 4 members (excludes halogenated alkanes) is 1. The van der Waals surface area contributed by atoms with Gasteiger partial charge in [-0.15, -0.1) is 0 Å². The molecule has 1 aromatic heterocycles. The van der Waals surface area contributed by atoms with E-state index in [1.807, 2.05) is 20.8 Å². The first-order valence-corrected chi connectivity index (χ1v) is 10.0. The fourth-order valence-corrected chi connectivity index (χ4v) is 2.99. The molecule has 138 valence electrons. The standard InChI is InChI=1S/C15H27N3O5S/c1-4-5-7-13-17-15(23-18-13)11-24(20,21)10-14(19)16-8-6-9-22-12(2)3/h12H,4-11H2,1-3H3,(H,16,19). The number of ether oxygens (including phenoxy) is 1. The van der Waals surface area contributed by atoms with Gasteiger partial charge in [0.25, 0.3) is 0 Å². The lowest BCUT2D eigenvalue weighted by atomic mass is 10.2. The van der Waals surface area contributed by atoms with E-state index in [1.54, 1.807) is 0 Å². The van der Waals surface area contributed by atoms with Gasteiger partial charge in [0.2, 0.25) is 11.8 Å². The van der Waals surface area contributed by atoms with E-state index in [-0.39, 0.29) is 12.0 Å². The summed E-state index contributed by atoms with van der Waals surface area (Å²) in [6, 6.07) is 0. The van der Waals surface area contributed by atoms with E-state index in [4.69, 9.17) is 9.26 Å². The van der Waals surface area contributed by atoms with Gasteiger partial charge in [-0.3, -0.25) is 4.79 Å². The fraction of sp³-hybridized carbons (Fsp3) is 0.800. The third-order valence-electron chi connectivity index (χ3n) is 3.05. The predicted molar refractivity (Wildman–Crippen MR) is 89.1 cm³/mol. The highest BCUT2D eigenvalue weighted by Gasteiger charge is 2.21. The maximum absolute atomic E-state index is 12.0. The first-order valence-electron chi connectivity index (χ1n) is 8.22. The number of nitrogens with one attached hydrogen (secondary N) is 1. The highest BCUT2D eigenvalue weighted by molar-refractivity contribution is 7.91. The van der Waals surface area contributed by atoms with Crippen LogP contribution >= 0.6 is 0 Å². The van der Waals surface area contributed by atoms with Crippen LogP contribution in [0.1, 0.15) is 51.7 Å². The summed E-state index contributed by atoms with van der Waals surface area (Å²) in [4.78, 5) is 15.7. The Balaban J connectivity index is 2.34. The largest absolute Gasteiger partial charge is 0.379 e. The third kappa shape index (κ3) is 8.97. The number of aryl methyl sites for hydroxylation is 1. The molecule has 24 heavy (non-hydrogen) atoms. The second-order valence-corrected chi connectivity index (χ2v) is 7.93. The van der Waals surface area contributed by atoms with Crippen molar-refractivity contribution in [3.8, 4) is 0 Å². The molecule has 0 fully saturated rings. The van der Waals surface area contributed by atoms with E-state index < -0.39 is 27.3 Å². The number of hydrogen-bond donors (Lipinski definition) is 1. The van der Waals surface area contributed by atoms with Crippen LogP contribution < -0.4 is 5.32 Å². The Morgan fingerprint density at radius 3 is 2.75 bits per heavy atom. The molecule has 0 saturated carbocycles. The molecule has 0 bridgehead atoms. The summed E-state index contributed by atoms with van der Waals surface area (Å²) in [5.41, 5.74) is 0. The molecule has 0 aliphatic rings. The molecular weight excluding hydrogens is 334 g/mol. The monoisotopic (exact) mass is 361 g/mol. The number of rotatable bonds is 12. The van der Waals surface area contributed by atoms with Crippen molar-refractivity contribution in [2.45, 2.75) is 58.3 Å². The second-order valence-electron chi connectivity index (χ2n) is 5.86. The summed E-state index contributed by atoms with van der Waals surface area (Å²) in [7, 11) is -3.64. The molecule has 0 aromatic carbocycles. The number of aromatic nitrogens is 2. The highest BCUT2D eigenvalue weighted by Crippen LogP contribution is 2.07. The van der Waals surface area contributed by atoms with Crippen LogP contribution in [0, 0.1) is 0 Å². The molecule has 1 rings (SSSR count). The average molecular weight is 361 g/mol. The smallest absolute Gasteiger partial charge is 0.241 e. The number of amides is 1. The van der Waals surface area contributed by atoms with E-state index in [2.05, 4.69) is 15.5 Å². The van der Waals surface area contributed by atoms with Crippen molar-refractivity contribution in [1.82, 2.24) is 15.5 Å². The van der Waals surface area contributed by atoms with Gasteiger partial charge in [-0.2, -0.15) is 4.98 Å². The maximum Gasteiger partial charge on any atom is 0.241 e. The lowest BCUT2D eigenvalue weighted by Gasteiger charge is -2.08. The number of nitrogens with zero attached hydrogens (tertiary/aromatic N) is 2. The van der Waals surface area contributed by atoms with Gasteiger partial charge in [0, 0.05) is 19.6 Å². The Kier molecular flexibility index (Phi) is 8.91. The molecule has 0 spiro atoms. The summed E-state index contributed by atoms with van der Waals surface area (Å²) in [6.45, 7) is 6.79. The molecule has 0 saturated heterocycles. The van der Waals surface area contributed by atoms with Crippen LogP contribution in [-0.2, 0) is 31.5 Å². The van der Waals surface area contributed by atoms with Crippen molar-refractivity contribution in [3.05, 3.63) is 11.7 Å². The quantitative estimate of drug-likeness (QED) is 0.558. The Hall–Kier alpha value is -1.48. The Morgan fingerprint density at radius 1 is 1.33 bits per heavy atom. The van der Waals surface area contributed by atoms with Crippen LogP contribution in [0.15, 0.2) is 4.52 Å². The van der Waals surface area contributed by atoms with Crippen molar-refractivity contribution < 1.29 is 22.5 Å². The maximum atomic E-state index is 12.0. The fourth-order valence-electron chi connectivity index (χ4n) is 1.89. The van der Waals surface area contributed by atoms with Crippen LogP contribution in [0.2, 0.25) is 0 Å². The van der Waals surface area contributed by atoms with Crippen molar-refractivity contribution in [2.75, 3.05) is 18.9 Å². The minimum absolute atomic E-state index is 0.0271. The van der Waals surface area contributed by atoms with Gasteiger partial charge in [0.1, 0.15) is 11.5 Å². The van der Waals surface area contributed by atoms with Gasteiger partial charge >= 0.3 is 0 Å². The highest BCUT2D eigenvalue weighted by atomic mass is 32.2. The van der Waals surface area contributed by atoms with Crippen LogP contribution in [-0.4, -0.2) is 49.5 Å². The topological polar surface area (TPSA) is 111 Å². The van der Waals surface area contributed by atoms with Crippen molar-refractivity contribution in [1.29, 1.82) is 0 Å². The number of carbonyl (C=O) groups excluding carboxylic acids is 1. The summed E-state index contributed by atoms with van der Waals surface area (Å²) < 4.78 is 34.3. The third-order valence-corrected chi connectivity index (χ3v) is 4.44.